The van der Waals surface area contributed by atoms with E-state index in [4.69, 9.17) is 17.3 Å². The summed E-state index contributed by atoms with van der Waals surface area (Å²) in [7, 11) is 0. The van der Waals surface area contributed by atoms with Gasteiger partial charge in [0.1, 0.15) is 0 Å². The van der Waals surface area contributed by atoms with Gasteiger partial charge >= 0.3 is 0 Å². The van der Waals surface area contributed by atoms with Gasteiger partial charge in [-0.2, -0.15) is 4.39 Å². The molecule has 0 radical (unpaired) electrons. The molecule has 0 aliphatic rings. The lowest BCUT2D eigenvalue weighted by Gasteiger charge is -1.92. The lowest BCUT2D eigenvalue weighted by molar-refractivity contribution is 0.584. The number of nitrogens with zero attached hydrogens (tertiary/aromatic N) is 1. The molecule has 1 aromatic heterocycles. The van der Waals surface area contributed by atoms with Crippen molar-refractivity contribution in [2.45, 2.75) is 0 Å². The van der Waals surface area contributed by atoms with Crippen LogP contribution in [0.3, 0.4) is 0 Å². The lowest BCUT2D eigenvalue weighted by atomic mass is 10.4. The van der Waals surface area contributed by atoms with Crippen LogP contribution in [0.4, 0.5) is 10.1 Å². The highest BCUT2D eigenvalue weighted by Gasteiger charge is 1.96. The Kier molecular flexibility index (Phi) is 1.53. The van der Waals surface area contributed by atoms with Crippen LogP contribution in [-0.4, -0.2) is 4.98 Å². The van der Waals surface area contributed by atoms with Crippen molar-refractivity contribution in [2.75, 3.05) is 5.73 Å². The standard InChI is InChI=1S/C5H4ClFN2/c6-5-3(8)1-2-4(7)9-5/h1-2H,8H2. The number of hydrogen-bond acceptors (Lipinski definition) is 2. The first-order valence-corrected chi connectivity index (χ1v) is 2.65. The Morgan fingerprint density at radius 3 is 2.67 bits per heavy atom. The summed E-state index contributed by atoms with van der Waals surface area (Å²) in [4.78, 5) is 3.25. The van der Waals surface area contributed by atoms with E-state index in [1.54, 1.807) is 0 Å². The minimum absolute atomic E-state index is 0.00926. The van der Waals surface area contributed by atoms with Gasteiger partial charge in [0.05, 0.1) is 5.69 Å². The first-order valence-electron chi connectivity index (χ1n) is 2.27. The van der Waals surface area contributed by atoms with Crippen molar-refractivity contribution in [3.8, 4) is 0 Å². The third-order valence-corrected chi connectivity index (χ3v) is 1.15. The molecule has 2 nitrogen and oxygen atoms in total. The second kappa shape index (κ2) is 2.19. The maximum absolute atomic E-state index is 12.1. The van der Waals surface area contributed by atoms with Crippen molar-refractivity contribution in [3.63, 3.8) is 0 Å². The van der Waals surface area contributed by atoms with Gasteiger partial charge in [0.2, 0.25) is 5.95 Å². The van der Waals surface area contributed by atoms with Crippen molar-refractivity contribution in [2.24, 2.45) is 0 Å². The van der Waals surface area contributed by atoms with Gasteiger partial charge in [0.25, 0.3) is 0 Å². The summed E-state index contributed by atoms with van der Waals surface area (Å²) in [5.41, 5.74) is 5.52. The molecule has 9 heavy (non-hydrogen) atoms. The molecular formula is C5H4ClFN2. The van der Waals surface area contributed by atoms with Crippen LogP contribution in [0.5, 0.6) is 0 Å². The van der Waals surface area contributed by atoms with E-state index < -0.39 is 5.95 Å². The van der Waals surface area contributed by atoms with Gasteiger partial charge in [-0.15, -0.1) is 0 Å². The van der Waals surface area contributed by atoms with Crippen LogP contribution in [0.25, 0.3) is 0 Å². The van der Waals surface area contributed by atoms with E-state index in [0.29, 0.717) is 0 Å². The van der Waals surface area contributed by atoms with Gasteiger partial charge in [0, 0.05) is 0 Å². The van der Waals surface area contributed by atoms with Gasteiger partial charge < -0.3 is 5.73 Å². The molecule has 1 aromatic rings. The predicted molar refractivity (Wildman–Crippen MR) is 33.6 cm³/mol. The quantitative estimate of drug-likeness (QED) is 0.563. The van der Waals surface area contributed by atoms with Crippen molar-refractivity contribution < 1.29 is 4.39 Å². The van der Waals surface area contributed by atoms with E-state index in [1.807, 2.05) is 0 Å². The number of aromatic nitrogens is 1. The molecule has 0 aliphatic carbocycles. The highest BCUT2D eigenvalue weighted by Crippen LogP contribution is 2.13. The molecule has 0 saturated heterocycles. The van der Waals surface area contributed by atoms with Crippen molar-refractivity contribution in [3.05, 3.63) is 23.2 Å². The molecule has 0 fully saturated rings. The van der Waals surface area contributed by atoms with Crippen LogP contribution in [0, 0.1) is 5.95 Å². The van der Waals surface area contributed by atoms with Crippen LogP contribution in [-0.2, 0) is 0 Å². The Labute approximate surface area is 56.5 Å². The zero-order valence-corrected chi connectivity index (χ0v) is 5.19. The summed E-state index contributed by atoms with van der Waals surface area (Å²) in [6, 6.07) is 2.52. The number of anilines is 1. The van der Waals surface area contributed by atoms with Crippen LogP contribution in [0.15, 0.2) is 12.1 Å². The van der Waals surface area contributed by atoms with E-state index in [-0.39, 0.29) is 10.8 Å². The third kappa shape index (κ3) is 1.29. The number of halogens is 2. The number of nitrogens with two attached hydrogens (primary N) is 1. The van der Waals surface area contributed by atoms with E-state index in [1.165, 1.54) is 6.07 Å². The topological polar surface area (TPSA) is 38.9 Å². The minimum atomic E-state index is -0.616. The number of rotatable bonds is 0. The van der Waals surface area contributed by atoms with Crippen LogP contribution >= 0.6 is 11.6 Å². The summed E-state index contributed by atoms with van der Waals surface area (Å²) in [6.45, 7) is 0. The molecule has 4 heteroatoms. The Morgan fingerprint density at radius 1 is 1.56 bits per heavy atom. The van der Waals surface area contributed by atoms with Gasteiger partial charge in [-0.05, 0) is 12.1 Å². The minimum Gasteiger partial charge on any atom is -0.396 e. The Bertz CT molecular complexity index is 226. The highest BCUT2D eigenvalue weighted by molar-refractivity contribution is 6.31. The molecule has 2 N–H and O–H groups in total. The molecule has 0 saturated carbocycles. The summed E-state index contributed by atoms with van der Waals surface area (Å²) >= 11 is 5.34. The second-order valence-corrected chi connectivity index (χ2v) is 1.87. The first-order chi connectivity index (χ1) is 4.20. The molecular weight excluding hydrogens is 143 g/mol. The van der Waals surface area contributed by atoms with E-state index >= 15 is 0 Å². The predicted octanol–water partition coefficient (Wildman–Crippen LogP) is 1.46. The Morgan fingerprint density at radius 2 is 2.22 bits per heavy atom. The van der Waals surface area contributed by atoms with Gasteiger partial charge in [-0.3, -0.25) is 0 Å². The zero-order valence-electron chi connectivity index (χ0n) is 4.44. The van der Waals surface area contributed by atoms with E-state index in [9.17, 15) is 4.39 Å². The fourth-order valence-corrected chi connectivity index (χ4v) is 0.567. The fourth-order valence-electron chi connectivity index (χ4n) is 0.423. The van der Waals surface area contributed by atoms with Crippen LogP contribution < -0.4 is 5.73 Å². The average Bonchev–Trinajstić information content (AvgIpc) is 1.80. The van der Waals surface area contributed by atoms with E-state index in [0.717, 1.165) is 6.07 Å². The molecule has 48 valence electrons. The second-order valence-electron chi connectivity index (χ2n) is 1.51. The SMILES string of the molecule is Nc1ccc(F)nc1Cl. The fraction of sp³-hybridized carbons (Fsp3) is 0. The maximum Gasteiger partial charge on any atom is 0.214 e. The largest absolute Gasteiger partial charge is 0.396 e. The normalized spacial score (nSPS) is 9.56. The van der Waals surface area contributed by atoms with Crippen molar-refractivity contribution >= 4 is 17.3 Å². The van der Waals surface area contributed by atoms with E-state index in [2.05, 4.69) is 4.98 Å². The van der Waals surface area contributed by atoms with Crippen LogP contribution in [0.1, 0.15) is 0 Å². The lowest BCUT2D eigenvalue weighted by Crippen LogP contribution is -1.90. The monoisotopic (exact) mass is 146 g/mol. The number of nitrogen functional groups attached to an aromatic ring is 1. The van der Waals surface area contributed by atoms with Gasteiger partial charge in [0.15, 0.2) is 5.15 Å². The molecule has 0 amide bonds. The highest BCUT2D eigenvalue weighted by atomic mass is 35.5. The summed E-state index contributed by atoms with van der Waals surface area (Å²) < 4.78 is 12.1. The van der Waals surface area contributed by atoms with Crippen LogP contribution in [0.2, 0.25) is 5.15 Å². The molecule has 1 rings (SSSR count). The molecule has 0 atom stereocenters. The summed E-state index contributed by atoms with van der Waals surface area (Å²) in [5, 5.41) is 0.00926. The molecule has 0 unspecified atom stereocenters. The molecule has 1 heterocycles. The summed E-state index contributed by atoms with van der Waals surface area (Å²) in [5.74, 6) is -0.616. The number of hydrogen-bond donors (Lipinski definition) is 1. The first kappa shape index (κ1) is 6.29. The molecule has 0 aromatic carbocycles. The Balaban J connectivity index is 3.17. The van der Waals surface area contributed by atoms with Crippen molar-refractivity contribution in [1.82, 2.24) is 4.98 Å². The third-order valence-electron chi connectivity index (χ3n) is 0.844. The zero-order chi connectivity index (χ0) is 6.85. The Hall–Kier alpha value is -0.830. The van der Waals surface area contributed by atoms with Gasteiger partial charge in [-0.25, -0.2) is 4.98 Å². The molecule has 0 aliphatic heterocycles. The average molecular weight is 147 g/mol. The number of pyridine rings is 1. The summed E-state index contributed by atoms with van der Waals surface area (Å²) in [6.07, 6.45) is 0. The maximum atomic E-state index is 12.1. The molecule has 0 spiro atoms. The molecule has 0 bridgehead atoms. The van der Waals surface area contributed by atoms with Crippen molar-refractivity contribution in [1.29, 1.82) is 0 Å². The smallest absolute Gasteiger partial charge is 0.214 e. The van der Waals surface area contributed by atoms with Gasteiger partial charge in [-0.1, -0.05) is 11.6 Å².